The van der Waals surface area contributed by atoms with Crippen molar-refractivity contribution in [1.29, 1.82) is 0 Å². The van der Waals surface area contributed by atoms with E-state index in [1.165, 1.54) is 0 Å². The van der Waals surface area contributed by atoms with Crippen LogP contribution in [0.3, 0.4) is 0 Å². The Morgan fingerprint density at radius 3 is 0.868 bits per heavy atom. The van der Waals surface area contributed by atoms with Crippen LogP contribution in [0.5, 0.6) is 0 Å². The minimum absolute atomic E-state index is 0. The number of ether oxygens (including phenoxy) is 6. The van der Waals surface area contributed by atoms with Gasteiger partial charge in [0, 0.05) is 67.0 Å². The Balaban J connectivity index is -0.000000216. The fourth-order valence-electron chi connectivity index (χ4n) is 10.7. The molecule has 114 heavy (non-hydrogen) atoms. The van der Waals surface area contributed by atoms with Crippen LogP contribution in [0, 0.1) is 0 Å². The van der Waals surface area contributed by atoms with E-state index in [0.717, 1.165) is 81.8 Å². The zero-order chi connectivity index (χ0) is 88.7. The van der Waals surface area contributed by atoms with E-state index in [1.807, 2.05) is 13.1 Å². The third-order valence-corrected chi connectivity index (χ3v) is 67.8. The van der Waals surface area contributed by atoms with Crippen LogP contribution in [0.4, 0.5) is 0 Å². The van der Waals surface area contributed by atoms with Crippen molar-refractivity contribution in [1.82, 2.24) is 0 Å². The lowest BCUT2D eigenvalue weighted by Gasteiger charge is -2.42. The Hall–Kier alpha value is 2.96. The summed E-state index contributed by atoms with van der Waals surface area (Å²) in [4.78, 5) is 0. The first-order valence-corrected chi connectivity index (χ1v) is 90.5. The molecule has 0 fully saturated rings. The van der Waals surface area contributed by atoms with Crippen molar-refractivity contribution >= 4 is 170 Å². The minimum Gasteiger partial charge on any atom is -0.442 e. The van der Waals surface area contributed by atoms with E-state index in [9.17, 15) is 0 Å². The molecular weight excluding hydrogens is 1790 g/mol. The number of hydrogen-bond donors (Lipinski definition) is 6. The van der Waals surface area contributed by atoms with Gasteiger partial charge >= 0.3 is 60.4 Å². The van der Waals surface area contributed by atoms with Gasteiger partial charge in [0.2, 0.25) is 0 Å². The van der Waals surface area contributed by atoms with Crippen LogP contribution in [0.15, 0.2) is 0 Å². The number of aliphatic hydroxyl groups excluding tert-OH is 6. The number of rotatable bonds is 67. The van der Waals surface area contributed by atoms with Crippen LogP contribution >= 0.6 is 0 Å². The zero-order valence-electron chi connectivity index (χ0n) is 78.5. The lowest BCUT2D eigenvalue weighted by molar-refractivity contribution is 0.0517. The van der Waals surface area contributed by atoms with Crippen molar-refractivity contribution in [3.05, 3.63) is 0 Å². The summed E-state index contributed by atoms with van der Waals surface area (Å²) in [6.07, 6.45) is 6.70. The highest BCUT2D eigenvalue weighted by atomic mass is 28.5. The van der Waals surface area contributed by atoms with Crippen LogP contribution in [-0.4, -0.2) is 347 Å². The molecule has 0 aliphatic rings. The molecule has 700 valence electrons. The molecule has 0 bridgehead atoms. The average molecular weight is 1980 g/mol. The largest absolute Gasteiger partial charge is 0.479 e. The van der Waals surface area contributed by atoms with Crippen molar-refractivity contribution in [2.24, 2.45) is 0 Å². The molecule has 0 aliphatic carbocycles. The van der Waals surface area contributed by atoms with Gasteiger partial charge < -0.3 is 131 Å². The van der Waals surface area contributed by atoms with Crippen LogP contribution in [0.25, 0.3) is 0 Å². The Labute approximate surface area is 727 Å². The van der Waals surface area contributed by atoms with Crippen LogP contribution < -0.4 is 0 Å². The van der Waals surface area contributed by atoms with E-state index >= 15 is 0 Å². The van der Waals surface area contributed by atoms with Crippen LogP contribution in [0.2, 0.25) is 227 Å². The predicted molar refractivity (Wildman–Crippen MR) is 520 cm³/mol. The Morgan fingerprint density at radius 1 is 0.289 bits per heavy atom. The van der Waals surface area contributed by atoms with E-state index in [-0.39, 0.29) is 89.9 Å². The fourth-order valence-corrected chi connectivity index (χ4v) is 67.7. The van der Waals surface area contributed by atoms with Crippen molar-refractivity contribution < 1.29 is 131 Å². The van der Waals surface area contributed by atoms with Gasteiger partial charge in [0.05, 0.1) is 79.3 Å². The smallest absolute Gasteiger partial charge is 0.442 e. The SMILES string of the molecule is C.CCCCOCCO.CO[SiH2]C.CO[SiH2]C.C[SiH2]O[Si@@](C)(OCO[SiH](C)C)O[Si](C)(C)O[SiH](C)C.C[SiH2]O[Si@@](C)(OCO[Si](C)(C)CCCOCCO)O[Si](C)(C)O[Si](C)(C)CCCOCCO.C[SiH2]O[Si](C)(C)O[SiH](C)C.C[Si](C)(CCCOCCO)O[Si](C)(C)O[Si](C)(CCCOCCO)O[Si](C)(C)CCCOCCO. The van der Waals surface area contributed by atoms with Gasteiger partial charge in [0.25, 0.3) is 0 Å². The Morgan fingerprint density at radius 2 is 0.570 bits per heavy atom. The van der Waals surface area contributed by atoms with E-state index in [0.29, 0.717) is 72.7 Å². The highest BCUT2D eigenvalue weighted by molar-refractivity contribution is 6.90. The van der Waals surface area contributed by atoms with Gasteiger partial charge in [-0.3, -0.25) is 0 Å². The summed E-state index contributed by atoms with van der Waals surface area (Å²) in [6.45, 7) is 73.1. The molecule has 0 radical (unpaired) electrons. The number of hydrogen-bond acceptors (Lipinski definition) is 29. The summed E-state index contributed by atoms with van der Waals surface area (Å²) in [5.41, 5.74) is 0. The molecule has 0 aromatic rings. The summed E-state index contributed by atoms with van der Waals surface area (Å²) >= 11 is 0. The first-order valence-electron chi connectivity index (χ1n) is 41.5. The van der Waals surface area contributed by atoms with Gasteiger partial charge in [0.1, 0.15) is 42.9 Å². The molecule has 0 aromatic heterocycles. The monoisotopic (exact) mass is 1970 g/mol. The summed E-state index contributed by atoms with van der Waals surface area (Å²) in [5.74, 6) is 0. The van der Waals surface area contributed by atoms with Crippen molar-refractivity contribution in [3.8, 4) is 0 Å². The second-order valence-corrected chi connectivity index (χ2v) is 86.9. The summed E-state index contributed by atoms with van der Waals surface area (Å²) in [5, 5.41) is 52.6. The summed E-state index contributed by atoms with van der Waals surface area (Å²) in [6, 6.07) is 4.66. The minimum atomic E-state index is -2.87. The molecule has 0 spiro atoms. The van der Waals surface area contributed by atoms with Crippen LogP contribution in [-0.2, 0) is 100 Å². The Bertz CT molecular complexity index is 2020. The maximum absolute atomic E-state index is 8.97. The molecule has 0 rings (SSSR count). The second kappa shape index (κ2) is 80.5. The van der Waals surface area contributed by atoms with Gasteiger partial charge in [-0.05, 0) is 219 Å². The van der Waals surface area contributed by atoms with Gasteiger partial charge in [-0.25, -0.2) is 0 Å². The third-order valence-electron chi connectivity index (χ3n) is 14.5. The molecule has 29 nitrogen and oxygen atoms in total. The lowest BCUT2D eigenvalue weighted by atomic mass is 10.4. The predicted octanol–water partition coefficient (Wildman–Crippen LogP) is 9.25. The average Bonchev–Trinajstić information content (AvgIpc) is 0.850. The first-order chi connectivity index (χ1) is 52.4. The van der Waals surface area contributed by atoms with Gasteiger partial charge in [-0.2, -0.15) is 0 Å². The molecule has 0 heterocycles. The molecule has 1 unspecified atom stereocenters. The van der Waals surface area contributed by atoms with E-state index in [1.54, 1.807) is 14.2 Å². The highest BCUT2D eigenvalue weighted by Gasteiger charge is 2.48. The molecule has 3 atom stereocenters. The number of unbranched alkanes of at least 4 members (excludes halogenated alkanes) is 1. The van der Waals surface area contributed by atoms with Crippen molar-refractivity contribution in [2.75, 3.05) is 147 Å². The maximum Gasteiger partial charge on any atom is 0.479 e. The molecule has 0 saturated heterocycles. The van der Waals surface area contributed by atoms with Crippen molar-refractivity contribution in [2.45, 2.75) is 286 Å². The molecule has 0 aliphatic heterocycles. The van der Waals surface area contributed by atoms with Gasteiger partial charge in [0.15, 0.2) is 79.9 Å². The quantitative estimate of drug-likeness (QED) is 0.0188. The topological polar surface area (TPSA) is 334 Å². The highest BCUT2D eigenvalue weighted by Crippen LogP contribution is 2.32. The molecular formula is C66H186O29Si19. The molecule has 48 heteroatoms. The maximum atomic E-state index is 8.97. The van der Waals surface area contributed by atoms with E-state index in [4.69, 9.17) is 122 Å². The number of aliphatic hydroxyl groups is 6. The summed E-state index contributed by atoms with van der Waals surface area (Å²) < 4.78 is 134. The van der Waals surface area contributed by atoms with Gasteiger partial charge in [-0.1, -0.05) is 53.5 Å². The second-order valence-electron chi connectivity index (χ2n) is 31.7. The van der Waals surface area contributed by atoms with Crippen LogP contribution in [0.1, 0.15) is 59.3 Å². The first kappa shape index (κ1) is 132. The van der Waals surface area contributed by atoms with E-state index in [2.05, 4.69) is 199 Å². The molecule has 0 aromatic carbocycles. The normalized spacial score (nSPS) is 14.5. The molecule has 0 saturated carbocycles. The summed E-state index contributed by atoms with van der Waals surface area (Å²) in [7, 11) is -25.9. The lowest BCUT2D eigenvalue weighted by Crippen LogP contribution is -2.57. The fraction of sp³-hybridized carbons (Fsp3) is 1.00. The standard InChI is InChI=1S/C22H54O9Si4.C19H50O9Si5.C9H30O5Si5.C6H14O2.C5H18O2Si3.2C2H8OSi.CH4/c1-32(2,20-8-14-26-17-11-23)29-34(5,6)31-35(7,22-10-16-28-19-13-25)30-33(3,4)21-9-15-27-18-12-24;1-29-26-33(8,25-19-24-30(2,3)17-9-13-22-15-11-20)28-32(6,7)27-31(4,5)18-10-14-23-16-12-21;1-15-12-19(8,11-9-10-16(2)3)14-18(6,7)13-17(4)5;1-2-3-5-8-6-4-7;1-8-6-10(4,5)7-9(2)3;2*1-3-4-2;/h23-25H,8-22H2,1-7H3;20-21H,9-19,29H2,1-8H3;16-17H,9,15H2,1-8H3;7H,2-6H2,1H3;9H,8H2,1-5H3;2*4H2,1-2H3;1H4/t;33-;19-;;;;;/m.11...../s1. The molecule has 6 N–H and O–H groups in total. The van der Waals surface area contributed by atoms with E-state index < -0.39 is 140 Å². The molecule has 0 amide bonds. The Kier molecular flexibility index (Phi) is 93.6. The third kappa shape index (κ3) is 98.7. The van der Waals surface area contributed by atoms with Crippen molar-refractivity contribution in [3.63, 3.8) is 0 Å². The zero-order valence-corrected chi connectivity index (χ0v) is 100. The van der Waals surface area contributed by atoms with Gasteiger partial charge in [-0.15, -0.1) is 0 Å².